The number of aryl methyl sites for hydroxylation is 1. The van der Waals surface area contributed by atoms with Crippen molar-refractivity contribution in [1.82, 2.24) is 15.3 Å². The molecule has 0 fully saturated rings. The Hall–Kier alpha value is -1.94. The van der Waals surface area contributed by atoms with Gasteiger partial charge in [-0.1, -0.05) is 43.6 Å². The molecular formula is C16H18ClN3O. The molecule has 1 amide bonds. The Morgan fingerprint density at radius 3 is 2.67 bits per heavy atom. The first-order valence-electron chi connectivity index (χ1n) is 6.84. The van der Waals surface area contributed by atoms with Gasteiger partial charge in [0, 0.05) is 23.7 Å². The predicted molar refractivity (Wildman–Crippen MR) is 83.5 cm³/mol. The van der Waals surface area contributed by atoms with E-state index in [4.69, 9.17) is 11.6 Å². The largest absolute Gasteiger partial charge is 0.348 e. The van der Waals surface area contributed by atoms with E-state index in [1.807, 2.05) is 39.0 Å². The summed E-state index contributed by atoms with van der Waals surface area (Å²) in [5, 5.41) is 3.48. The van der Waals surface area contributed by atoms with Crippen molar-refractivity contribution < 1.29 is 4.79 Å². The second kappa shape index (κ2) is 6.68. The summed E-state index contributed by atoms with van der Waals surface area (Å²) in [6.45, 7) is 6.24. The van der Waals surface area contributed by atoms with E-state index in [2.05, 4.69) is 15.3 Å². The lowest BCUT2D eigenvalue weighted by atomic mass is 10.1. The van der Waals surface area contributed by atoms with Gasteiger partial charge in [-0.25, -0.2) is 9.97 Å². The van der Waals surface area contributed by atoms with E-state index in [9.17, 15) is 4.79 Å². The molecule has 0 saturated heterocycles. The smallest absolute Gasteiger partial charge is 0.254 e. The average molecular weight is 304 g/mol. The van der Waals surface area contributed by atoms with E-state index in [1.54, 1.807) is 12.3 Å². The van der Waals surface area contributed by atoms with Gasteiger partial charge in [0.1, 0.15) is 5.82 Å². The summed E-state index contributed by atoms with van der Waals surface area (Å²) in [4.78, 5) is 20.8. The maximum atomic E-state index is 12.2. The molecule has 5 heteroatoms. The van der Waals surface area contributed by atoms with Crippen LogP contribution < -0.4 is 5.32 Å². The van der Waals surface area contributed by atoms with Crippen LogP contribution in [0.25, 0.3) is 0 Å². The van der Waals surface area contributed by atoms with Crippen LogP contribution in [0.15, 0.2) is 30.5 Å². The highest BCUT2D eigenvalue weighted by atomic mass is 35.5. The lowest BCUT2D eigenvalue weighted by Gasteiger charge is -2.10. The summed E-state index contributed by atoms with van der Waals surface area (Å²) >= 11 is 6.06. The van der Waals surface area contributed by atoms with Gasteiger partial charge in [-0.05, 0) is 18.6 Å². The second-order valence-electron chi connectivity index (χ2n) is 5.16. The van der Waals surface area contributed by atoms with E-state index in [0.717, 1.165) is 11.4 Å². The maximum absolute atomic E-state index is 12.2. The number of nitrogens with zero attached hydrogens (tertiary/aromatic N) is 2. The minimum Gasteiger partial charge on any atom is -0.348 e. The Bertz CT molecular complexity index is 656. The van der Waals surface area contributed by atoms with Crippen molar-refractivity contribution in [1.29, 1.82) is 0 Å². The number of benzene rings is 1. The van der Waals surface area contributed by atoms with Crippen LogP contribution in [0.1, 0.15) is 47.2 Å². The van der Waals surface area contributed by atoms with E-state index < -0.39 is 0 Å². The molecule has 0 atom stereocenters. The first-order valence-corrected chi connectivity index (χ1v) is 7.22. The van der Waals surface area contributed by atoms with Crippen LogP contribution in [0.3, 0.4) is 0 Å². The molecule has 0 aliphatic carbocycles. The summed E-state index contributed by atoms with van der Waals surface area (Å²) in [6, 6.07) is 7.43. The molecular weight excluding hydrogens is 286 g/mol. The van der Waals surface area contributed by atoms with Crippen LogP contribution in [0, 0.1) is 6.92 Å². The van der Waals surface area contributed by atoms with Crippen molar-refractivity contribution in [3.05, 3.63) is 58.1 Å². The Labute approximate surface area is 129 Å². The van der Waals surface area contributed by atoms with E-state index in [-0.39, 0.29) is 11.8 Å². The molecule has 1 N–H and O–H groups in total. The molecule has 1 heterocycles. The highest BCUT2D eigenvalue weighted by Gasteiger charge is 2.13. The summed E-state index contributed by atoms with van der Waals surface area (Å²) in [7, 11) is 0. The number of rotatable bonds is 4. The van der Waals surface area contributed by atoms with Crippen molar-refractivity contribution >= 4 is 17.5 Å². The Kier molecular flexibility index (Phi) is 4.91. The zero-order valence-electron chi connectivity index (χ0n) is 12.4. The van der Waals surface area contributed by atoms with Crippen LogP contribution in [-0.4, -0.2) is 15.9 Å². The molecule has 0 saturated carbocycles. The first kappa shape index (κ1) is 15.4. The number of carbonyl (C=O) groups is 1. The van der Waals surface area contributed by atoms with Crippen LogP contribution in [0.4, 0.5) is 0 Å². The lowest BCUT2D eigenvalue weighted by molar-refractivity contribution is 0.0949. The molecule has 21 heavy (non-hydrogen) atoms. The predicted octanol–water partition coefficient (Wildman–Crippen LogP) is 3.49. The van der Waals surface area contributed by atoms with Gasteiger partial charge in [-0.2, -0.15) is 0 Å². The molecule has 2 aromatic rings. The van der Waals surface area contributed by atoms with Crippen molar-refractivity contribution in [2.45, 2.75) is 33.2 Å². The SMILES string of the molecule is Cc1nc(C(C)C)ncc1C(=O)NCc1ccccc1Cl. The topological polar surface area (TPSA) is 54.9 Å². The van der Waals surface area contributed by atoms with Crippen molar-refractivity contribution in [3.63, 3.8) is 0 Å². The third kappa shape index (κ3) is 3.79. The fourth-order valence-corrected chi connectivity index (χ4v) is 2.10. The normalized spacial score (nSPS) is 10.7. The molecule has 1 aromatic heterocycles. The summed E-state index contributed by atoms with van der Waals surface area (Å²) in [6.07, 6.45) is 1.58. The number of nitrogens with one attached hydrogen (secondary N) is 1. The lowest BCUT2D eigenvalue weighted by Crippen LogP contribution is -2.24. The van der Waals surface area contributed by atoms with Gasteiger partial charge < -0.3 is 5.32 Å². The minimum atomic E-state index is -0.192. The Morgan fingerprint density at radius 1 is 1.33 bits per heavy atom. The number of carbonyl (C=O) groups excluding carboxylic acids is 1. The van der Waals surface area contributed by atoms with Gasteiger partial charge in [0.05, 0.1) is 11.3 Å². The molecule has 110 valence electrons. The van der Waals surface area contributed by atoms with E-state index in [1.165, 1.54) is 0 Å². The number of hydrogen-bond acceptors (Lipinski definition) is 3. The molecule has 2 rings (SSSR count). The fourth-order valence-electron chi connectivity index (χ4n) is 1.90. The molecule has 0 bridgehead atoms. The van der Waals surface area contributed by atoms with Gasteiger partial charge in [-0.15, -0.1) is 0 Å². The number of aromatic nitrogens is 2. The quantitative estimate of drug-likeness (QED) is 0.940. The third-order valence-electron chi connectivity index (χ3n) is 3.16. The van der Waals surface area contributed by atoms with Crippen molar-refractivity contribution in [2.24, 2.45) is 0 Å². The zero-order chi connectivity index (χ0) is 15.4. The highest BCUT2D eigenvalue weighted by Crippen LogP contribution is 2.15. The number of halogens is 1. The van der Waals surface area contributed by atoms with E-state index >= 15 is 0 Å². The first-order chi connectivity index (χ1) is 9.99. The molecule has 0 aliphatic rings. The van der Waals surface area contributed by atoms with Crippen LogP contribution in [0.2, 0.25) is 5.02 Å². The highest BCUT2D eigenvalue weighted by molar-refractivity contribution is 6.31. The number of amides is 1. The fraction of sp³-hybridized carbons (Fsp3) is 0.312. The maximum Gasteiger partial charge on any atom is 0.254 e. The molecule has 0 aliphatic heterocycles. The third-order valence-corrected chi connectivity index (χ3v) is 3.52. The van der Waals surface area contributed by atoms with Gasteiger partial charge >= 0.3 is 0 Å². The average Bonchev–Trinajstić information content (AvgIpc) is 2.46. The Balaban J connectivity index is 2.09. The molecule has 4 nitrogen and oxygen atoms in total. The molecule has 0 unspecified atom stereocenters. The van der Waals surface area contributed by atoms with Gasteiger partial charge in [0.25, 0.3) is 5.91 Å². The van der Waals surface area contributed by atoms with Crippen LogP contribution in [-0.2, 0) is 6.54 Å². The summed E-state index contributed by atoms with van der Waals surface area (Å²) < 4.78 is 0. The molecule has 0 radical (unpaired) electrons. The van der Waals surface area contributed by atoms with Gasteiger partial charge in [-0.3, -0.25) is 4.79 Å². The van der Waals surface area contributed by atoms with Gasteiger partial charge in [0.2, 0.25) is 0 Å². The van der Waals surface area contributed by atoms with Gasteiger partial charge in [0.15, 0.2) is 0 Å². The monoisotopic (exact) mass is 303 g/mol. The van der Waals surface area contributed by atoms with Crippen LogP contribution >= 0.6 is 11.6 Å². The molecule has 0 spiro atoms. The Morgan fingerprint density at radius 2 is 2.05 bits per heavy atom. The van der Waals surface area contributed by atoms with Crippen LogP contribution in [0.5, 0.6) is 0 Å². The van der Waals surface area contributed by atoms with E-state index in [0.29, 0.717) is 22.8 Å². The standard InChI is InChI=1S/C16H18ClN3O/c1-10(2)15-18-9-13(11(3)20-15)16(21)19-8-12-6-4-5-7-14(12)17/h4-7,9-10H,8H2,1-3H3,(H,19,21). The van der Waals surface area contributed by atoms with Crippen molar-refractivity contribution in [2.75, 3.05) is 0 Å². The van der Waals surface area contributed by atoms with Crippen molar-refractivity contribution in [3.8, 4) is 0 Å². The second-order valence-corrected chi connectivity index (χ2v) is 5.56. The minimum absolute atomic E-state index is 0.192. The zero-order valence-corrected chi connectivity index (χ0v) is 13.1. The summed E-state index contributed by atoms with van der Waals surface area (Å²) in [5.74, 6) is 0.793. The molecule has 1 aromatic carbocycles. The number of hydrogen-bond donors (Lipinski definition) is 1. The summed E-state index contributed by atoms with van der Waals surface area (Å²) in [5.41, 5.74) is 2.06.